The van der Waals surface area contributed by atoms with Crippen molar-refractivity contribution >= 4 is 16.6 Å². The number of rotatable bonds is 8. The van der Waals surface area contributed by atoms with Crippen molar-refractivity contribution in [1.29, 1.82) is 0 Å². The topological polar surface area (TPSA) is 24.3 Å². The van der Waals surface area contributed by atoms with Crippen LogP contribution in [-0.4, -0.2) is 53.1 Å². The van der Waals surface area contributed by atoms with Crippen LogP contribution in [0.4, 0.5) is 0 Å². The zero-order valence-corrected chi connectivity index (χ0v) is 17.7. The molecule has 1 aliphatic heterocycles. The molecule has 0 aliphatic carbocycles. The Balaban J connectivity index is 1.27. The minimum absolute atomic E-state index is 0.932. The molecule has 0 bridgehead atoms. The molecule has 0 unspecified atom stereocenters. The molecule has 0 radical (unpaired) electrons. The Morgan fingerprint density at radius 3 is 2.55 bits per heavy atom. The molecule has 0 saturated heterocycles. The summed E-state index contributed by atoms with van der Waals surface area (Å²) >= 11 is 0. The van der Waals surface area contributed by atoms with E-state index in [9.17, 15) is 0 Å². The predicted octanol–water partition coefficient (Wildman–Crippen LogP) is 4.67. The average Bonchev–Trinajstić information content (AvgIpc) is 3.16. The summed E-state index contributed by atoms with van der Waals surface area (Å²) in [6.07, 6.45) is 8.00. The Labute approximate surface area is 174 Å². The Bertz CT molecular complexity index is 955. The molecule has 29 heavy (non-hydrogen) atoms. The average molecular weight is 389 g/mol. The summed E-state index contributed by atoms with van der Waals surface area (Å²) in [5.74, 6) is 0. The van der Waals surface area contributed by atoms with Gasteiger partial charge < -0.3 is 9.47 Å². The number of aromatic nitrogens is 2. The van der Waals surface area contributed by atoms with E-state index in [1.54, 1.807) is 0 Å². The molecule has 0 N–H and O–H groups in total. The van der Waals surface area contributed by atoms with Gasteiger partial charge in [0, 0.05) is 26.2 Å². The highest BCUT2D eigenvalue weighted by Crippen LogP contribution is 2.22. The van der Waals surface area contributed by atoms with Crippen LogP contribution in [0.5, 0.6) is 0 Å². The van der Waals surface area contributed by atoms with Gasteiger partial charge in [-0.15, -0.1) is 0 Å². The smallest absolute Gasteiger partial charge is 0.0958 e. The van der Waals surface area contributed by atoms with Gasteiger partial charge in [-0.05, 0) is 62.7 Å². The molecule has 3 aromatic rings. The Kier molecular flexibility index (Phi) is 6.43. The van der Waals surface area contributed by atoms with Crippen LogP contribution in [0.15, 0.2) is 60.9 Å². The number of unbranched alkanes of at least 4 members (excludes halogenated alkanes) is 1. The number of fused-ring (bicyclic) bond motifs is 1. The number of hydrogen-bond acceptors (Lipinski definition) is 3. The van der Waals surface area contributed by atoms with Gasteiger partial charge in [0.15, 0.2) is 0 Å². The van der Waals surface area contributed by atoms with Crippen LogP contribution in [0.25, 0.3) is 16.6 Å². The van der Waals surface area contributed by atoms with Crippen LogP contribution in [0, 0.1) is 0 Å². The summed E-state index contributed by atoms with van der Waals surface area (Å²) in [6.45, 7) is 5.40. The molecule has 152 valence electrons. The summed E-state index contributed by atoms with van der Waals surface area (Å²) in [6, 6.07) is 17.3. The SMILES string of the molecule is CN(C)Cc1cccc2c1ncn2CCCCN1CC=C(c2ccccc2)CC1. The predicted molar refractivity (Wildman–Crippen MR) is 122 cm³/mol. The van der Waals surface area contributed by atoms with Crippen molar-refractivity contribution < 1.29 is 0 Å². The van der Waals surface area contributed by atoms with Crippen molar-refractivity contribution in [3.63, 3.8) is 0 Å². The summed E-state index contributed by atoms with van der Waals surface area (Å²) < 4.78 is 2.32. The molecule has 0 spiro atoms. The minimum Gasteiger partial charge on any atom is -0.331 e. The van der Waals surface area contributed by atoms with Gasteiger partial charge in [-0.2, -0.15) is 0 Å². The maximum atomic E-state index is 4.70. The lowest BCUT2D eigenvalue weighted by Gasteiger charge is -2.26. The van der Waals surface area contributed by atoms with Crippen molar-refractivity contribution in [2.75, 3.05) is 33.7 Å². The van der Waals surface area contributed by atoms with E-state index in [0.29, 0.717) is 0 Å². The van der Waals surface area contributed by atoms with Crippen LogP contribution in [0.1, 0.15) is 30.4 Å². The maximum Gasteiger partial charge on any atom is 0.0958 e. The lowest BCUT2D eigenvalue weighted by molar-refractivity contribution is 0.293. The van der Waals surface area contributed by atoms with E-state index in [-0.39, 0.29) is 0 Å². The molecule has 0 fully saturated rings. The molecule has 0 amide bonds. The molecule has 0 atom stereocenters. The molecule has 1 aliphatic rings. The fourth-order valence-corrected chi connectivity index (χ4v) is 4.24. The minimum atomic E-state index is 0.932. The first kappa shape index (κ1) is 19.9. The monoisotopic (exact) mass is 388 g/mol. The molecule has 2 aromatic carbocycles. The summed E-state index contributed by atoms with van der Waals surface area (Å²) in [5.41, 5.74) is 6.60. The molecule has 0 saturated carbocycles. The van der Waals surface area contributed by atoms with Gasteiger partial charge in [-0.1, -0.05) is 48.5 Å². The van der Waals surface area contributed by atoms with Crippen LogP contribution in [-0.2, 0) is 13.1 Å². The van der Waals surface area contributed by atoms with E-state index in [4.69, 9.17) is 4.98 Å². The van der Waals surface area contributed by atoms with Crippen LogP contribution in [0.3, 0.4) is 0 Å². The molecule has 4 rings (SSSR count). The van der Waals surface area contributed by atoms with Crippen molar-refractivity contribution in [3.05, 3.63) is 72.1 Å². The second kappa shape index (κ2) is 9.38. The van der Waals surface area contributed by atoms with Crippen molar-refractivity contribution in [3.8, 4) is 0 Å². The standard InChI is InChI=1S/C25H32N4/c1-27(2)19-23-11-8-12-24-25(23)26-20-29(24)16-7-6-15-28-17-13-22(14-18-28)21-9-4-3-5-10-21/h3-5,8-13,20H,6-7,14-19H2,1-2H3. The number of hydrogen-bond donors (Lipinski definition) is 0. The number of nitrogens with zero attached hydrogens (tertiary/aromatic N) is 4. The number of benzene rings is 2. The highest BCUT2D eigenvalue weighted by Gasteiger charge is 2.13. The second-order valence-electron chi connectivity index (χ2n) is 8.31. The van der Waals surface area contributed by atoms with Gasteiger partial charge in [0.25, 0.3) is 0 Å². The Morgan fingerprint density at radius 2 is 1.79 bits per heavy atom. The third-order valence-corrected chi connectivity index (χ3v) is 5.78. The molecule has 2 heterocycles. The number of para-hydroxylation sites is 1. The third kappa shape index (κ3) is 4.95. The first-order valence-corrected chi connectivity index (χ1v) is 10.7. The van der Waals surface area contributed by atoms with E-state index in [1.807, 2.05) is 6.33 Å². The molecule has 4 heteroatoms. The Hall–Kier alpha value is -2.43. The van der Waals surface area contributed by atoms with Crippen molar-refractivity contribution in [2.24, 2.45) is 0 Å². The highest BCUT2D eigenvalue weighted by molar-refractivity contribution is 5.79. The van der Waals surface area contributed by atoms with E-state index in [0.717, 1.165) is 31.6 Å². The van der Waals surface area contributed by atoms with E-state index < -0.39 is 0 Å². The number of aryl methyl sites for hydroxylation is 1. The van der Waals surface area contributed by atoms with Gasteiger partial charge in [0.1, 0.15) is 0 Å². The highest BCUT2D eigenvalue weighted by atomic mass is 15.1. The molecule has 1 aromatic heterocycles. The van der Waals surface area contributed by atoms with E-state index in [1.165, 1.54) is 48.1 Å². The maximum absolute atomic E-state index is 4.70. The lowest BCUT2D eigenvalue weighted by atomic mass is 9.99. The zero-order valence-electron chi connectivity index (χ0n) is 17.7. The first-order valence-electron chi connectivity index (χ1n) is 10.7. The van der Waals surface area contributed by atoms with Crippen LogP contribution < -0.4 is 0 Å². The van der Waals surface area contributed by atoms with Gasteiger partial charge >= 0.3 is 0 Å². The summed E-state index contributed by atoms with van der Waals surface area (Å²) in [5, 5.41) is 0. The summed E-state index contributed by atoms with van der Waals surface area (Å²) in [4.78, 5) is 9.47. The summed E-state index contributed by atoms with van der Waals surface area (Å²) in [7, 11) is 4.21. The van der Waals surface area contributed by atoms with Gasteiger partial charge in [-0.3, -0.25) is 4.90 Å². The number of imidazole rings is 1. The van der Waals surface area contributed by atoms with E-state index in [2.05, 4.69) is 83.1 Å². The van der Waals surface area contributed by atoms with Crippen molar-refractivity contribution in [2.45, 2.75) is 32.4 Å². The molecular weight excluding hydrogens is 356 g/mol. The van der Waals surface area contributed by atoms with Gasteiger partial charge in [0.2, 0.25) is 0 Å². The first-order chi connectivity index (χ1) is 14.2. The second-order valence-corrected chi connectivity index (χ2v) is 8.31. The molecular formula is C25H32N4. The van der Waals surface area contributed by atoms with Crippen molar-refractivity contribution in [1.82, 2.24) is 19.4 Å². The van der Waals surface area contributed by atoms with Crippen LogP contribution >= 0.6 is 0 Å². The fraction of sp³-hybridized carbons (Fsp3) is 0.400. The fourth-order valence-electron chi connectivity index (χ4n) is 4.24. The van der Waals surface area contributed by atoms with Crippen LogP contribution in [0.2, 0.25) is 0 Å². The largest absolute Gasteiger partial charge is 0.331 e. The van der Waals surface area contributed by atoms with E-state index >= 15 is 0 Å². The Morgan fingerprint density at radius 1 is 0.966 bits per heavy atom. The van der Waals surface area contributed by atoms with Gasteiger partial charge in [-0.25, -0.2) is 4.98 Å². The third-order valence-electron chi connectivity index (χ3n) is 5.78. The lowest BCUT2D eigenvalue weighted by Crippen LogP contribution is -2.29. The molecule has 4 nitrogen and oxygen atoms in total. The normalized spacial score (nSPS) is 15.2. The quantitative estimate of drug-likeness (QED) is 0.524. The van der Waals surface area contributed by atoms with Gasteiger partial charge in [0.05, 0.1) is 17.4 Å². The zero-order chi connectivity index (χ0) is 20.1.